The summed E-state index contributed by atoms with van der Waals surface area (Å²) in [6.07, 6.45) is 3.08. The van der Waals surface area contributed by atoms with Gasteiger partial charge in [0.05, 0.1) is 0 Å². The van der Waals surface area contributed by atoms with Crippen LogP contribution in [0.3, 0.4) is 0 Å². The zero-order chi connectivity index (χ0) is 11.9. The zero-order valence-electron chi connectivity index (χ0n) is 9.80. The lowest BCUT2D eigenvalue weighted by Gasteiger charge is -2.03. The fraction of sp³-hybridized carbons (Fsp3) is 0.143. The van der Waals surface area contributed by atoms with Crippen LogP contribution < -0.4 is 5.32 Å². The summed E-state index contributed by atoms with van der Waals surface area (Å²) in [4.78, 5) is 0. The van der Waals surface area contributed by atoms with E-state index < -0.39 is 0 Å². The fourth-order valence-corrected chi connectivity index (χ4v) is 2.48. The van der Waals surface area contributed by atoms with E-state index in [2.05, 4.69) is 33.7 Å². The first-order chi connectivity index (χ1) is 8.92. The van der Waals surface area contributed by atoms with E-state index in [1.165, 1.54) is 11.3 Å². The summed E-state index contributed by atoms with van der Waals surface area (Å²) in [6, 6.07) is 12.4. The van der Waals surface area contributed by atoms with Crippen LogP contribution in [0.15, 0.2) is 42.6 Å². The summed E-state index contributed by atoms with van der Waals surface area (Å²) in [5.41, 5.74) is 4.61. The van der Waals surface area contributed by atoms with Crippen molar-refractivity contribution >= 4 is 11.3 Å². The SMILES string of the molecule is c1ccn2c(-c3ccc4c(c3)CCN4)nnc2c1. The first-order valence-electron chi connectivity index (χ1n) is 6.09. The van der Waals surface area contributed by atoms with Gasteiger partial charge in [-0.2, -0.15) is 0 Å². The third-order valence-electron chi connectivity index (χ3n) is 3.39. The fourth-order valence-electron chi connectivity index (χ4n) is 2.48. The lowest BCUT2D eigenvalue weighted by atomic mass is 10.1. The standard InChI is InChI=1S/C14H12N4/c1-2-8-18-13(3-1)16-17-14(18)11-4-5-12-10(9-11)6-7-15-12/h1-5,8-9,15H,6-7H2. The Balaban J connectivity index is 1.92. The lowest BCUT2D eigenvalue weighted by Crippen LogP contribution is -1.90. The Morgan fingerprint density at radius 3 is 3.11 bits per heavy atom. The first kappa shape index (κ1) is 9.65. The number of fused-ring (bicyclic) bond motifs is 2. The van der Waals surface area contributed by atoms with Crippen LogP contribution >= 0.6 is 0 Å². The van der Waals surface area contributed by atoms with Crippen molar-refractivity contribution in [1.82, 2.24) is 14.6 Å². The van der Waals surface area contributed by atoms with E-state index in [4.69, 9.17) is 0 Å². The summed E-state index contributed by atoms with van der Waals surface area (Å²) >= 11 is 0. The zero-order valence-corrected chi connectivity index (χ0v) is 9.80. The molecule has 0 unspecified atom stereocenters. The van der Waals surface area contributed by atoms with Crippen LogP contribution in [0.5, 0.6) is 0 Å². The molecule has 1 aliphatic rings. The molecule has 88 valence electrons. The molecule has 0 amide bonds. The van der Waals surface area contributed by atoms with Gasteiger partial charge in [0.15, 0.2) is 11.5 Å². The number of nitrogens with zero attached hydrogens (tertiary/aromatic N) is 3. The van der Waals surface area contributed by atoms with Gasteiger partial charge in [0.1, 0.15) is 0 Å². The van der Waals surface area contributed by atoms with Crippen LogP contribution in [0.25, 0.3) is 17.0 Å². The number of hydrogen-bond donors (Lipinski definition) is 1. The quantitative estimate of drug-likeness (QED) is 0.705. The Bertz CT molecular complexity index is 729. The van der Waals surface area contributed by atoms with Crippen LogP contribution in [0.2, 0.25) is 0 Å². The molecule has 3 heterocycles. The van der Waals surface area contributed by atoms with Gasteiger partial charge in [0.2, 0.25) is 0 Å². The van der Waals surface area contributed by atoms with Gasteiger partial charge in [-0.3, -0.25) is 4.40 Å². The van der Waals surface area contributed by atoms with Crippen molar-refractivity contribution in [3.05, 3.63) is 48.2 Å². The highest BCUT2D eigenvalue weighted by atomic mass is 15.2. The Morgan fingerprint density at radius 1 is 1.11 bits per heavy atom. The topological polar surface area (TPSA) is 42.2 Å². The van der Waals surface area contributed by atoms with Gasteiger partial charge in [0.25, 0.3) is 0 Å². The van der Waals surface area contributed by atoms with Crippen LogP contribution in [0.1, 0.15) is 5.56 Å². The molecule has 4 rings (SSSR count). The van der Waals surface area contributed by atoms with Gasteiger partial charge in [-0.1, -0.05) is 6.07 Å². The van der Waals surface area contributed by atoms with E-state index in [9.17, 15) is 0 Å². The van der Waals surface area contributed by atoms with Gasteiger partial charge in [-0.05, 0) is 42.3 Å². The van der Waals surface area contributed by atoms with E-state index in [-0.39, 0.29) is 0 Å². The normalized spacial score (nSPS) is 13.6. The molecule has 0 spiro atoms. The maximum atomic E-state index is 4.28. The molecule has 18 heavy (non-hydrogen) atoms. The van der Waals surface area contributed by atoms with Crippen molar-refractivity contribution < 1.29 is 0 Å². The number of benzene rings is 1. The highest BCUT2D eigenvalue weighted by molar-refractivity contribution is 5.67. The van der Waals surface area contributed by atoms with Crippen LogP contribution in [0, 0.1) is 0 Å². The minimum atomic E-state index is 0.881. The molecule has 1 aromatic carbocycles. The number of rotatable bonds is 1. The van der Waals surface area contributed by atoms with Crippen molar-refractivity contribution in [3.8, 4) is 11.4 Å². The van der Waals surface area contributed by atoms with Crippen molar-refractivity contribution in [1.29, 1.82) is 0 Å². The Morgan fingerprint density at radius 2 is 2.11 bits per heavy atom. The lowest BCUT2D eigenvalue weighted by molar-refractivity contribution is 1.09. The average molecular weight is 236 g/mol. The molecule has 0 radical (unpaired) electrons. The second-order valence-corrected chi connectivity index (χ2v) is 4.50. The van der Waals surface area contributed by atoms with Crippen LogP contribution in [0.4, 0.5) is 5.69 Å². The molecule has 3 aromatic rings. The van der Waals surface area contributed by atoms with Crippen molar-refractivity contribution in [2.45, 2.75) is 6.42 Å². The Hall–Kier alpha value is -2.36. The molecule has 0 atom stereocenters. The molecule has 0 fully saturated rings. The number of hydrogen-bond acceptors (Lipinski definition) is 3. The van der Waals surface area contributed by atoms with Crippen molar-refractivity contribution in [2.24, 2.45) is 0 Å². The largest absolute Gasteiger partial charge is 0.384 e. The maximum absolute atomic E-state index is 4.28. The number of pyridine rings is 1. The number of nitrogens with one attached hydrogen (secondary N) is 1. The molecule has 1 N–H and O–H groups in total. The van der Waals surface area contributed by atoms with Crippen molar-refractivity contribution in [3.63, 3.8) is 0 Å². The smallest absolute Gasteiger partial charge is 0.168 e. The second kappa shape index (κ2) is 3.57. The summed E-state index contributed by atoms with van der Waals surface area (Å²) < 4.78 is 2.02. The molecular weight excluding hydrogens is 224 g/mol. The number of anilines is 1. The Kier molecular flexibility index (Phi) is 1.91. The number of aromatic nitrogens is 3. The molecular formula is C14H12N4. The molecule has 0 bridgehead atoms. The monoisotopic (exact) mass is 236 g/mol. The second-order valence-electron chi connectivity index (χ2n) is 4.50. The molecule has 0 aliphatic carbocycles. The molecule has 2 aromatic heterocycles. The predicted octanol–water partition coefficient (Wildman–Crippen LogP) is 2.36. The van der Waals surface area contributed by atoms with Gasteiger partial charge < -0.3 is 5.32 Å². The van der Waals surface area contributed by atoms with Crippen LogP contribution in [-0.2, 0) is 6.42 Å². The van der Waals surface area contributed by atoms with E-state index >= 15 is 0 Å². The highest BCUT2D eigenvalue weighted by Gasteiger charge is 2.13. The van der Waals surface area contributed by atoms with E-state index in [0.717, 1.165) is 30.0 Å². The predicted molar refractivity (Wildman–Crippen MR) is 70.6 cm³/mol. The highest BCUT2D eigenvalue weighted by Crippen LogP contribution is 2.27. The average Bonchev–Trinajstić information content (AvgIpc) is 3.04. The first-order valence-corrected chi connectivity index (χ1v) is 6.09. The molecule has 0 saturated heterocycles. The third-order valence-corrected chi connectivity index (χ3v) is 3.39. The minimum absolute atomic E-state index is 0.881. The van der Waals surface area contributed by atoms with Gasteiger partial charge >= 0.3 is 0 Å². The molecule has 0 saturated carbocycles. The molecule has 4 nitrogen and oxygen atoms in total. The molecule has 1 aliphatic heterocycles. The van der Waals surface area contributed by atoms with Gasteiger partial charge in [-0.25, -0.2) is 0 Å². The maximum Gasteiger partial charge on any atom is 0.168 e. The Labute approximate surface area is 104 Å². The van der Waals surface area contributed by atoms with Crippen molar-refractivity contribution in [2.75, 3.05) is 11.9 Å². The third kappa shape index (κ3) is 1.32. The summed E-state index contributed by atoms with van der Waals surface area (Å²) in [5, 5.41) is 11.8. The summed E-state index contributed by atoms with van der Waals surface area (Å²) in [5.74, 6) is 0.903. The van der Waals surface area contributed by atoms with E-state index in [1.54, 1.807) is 0 Å². The van der Waals surface area contributed by atoms with E-state index in [1.807, 2.05) is 28.8 Å². The van der Waals surface area contributed by atoms with Gasteiger partial charge in [-0.15, -0.1) is 10.2 Å². The van der Waals surface area contributed by atoms with Gasteiger partial charge in [0, 0.05) is 24.0 Å². The molecule has 4 heteroatoms. The summed E-state index contributed by atoms with van der Waals surface area (Å²) in [6.45, 7) is 1.03. The minimum Gasteiger partial charge on any atom is -0.384 e. The van der Waals surface area contributed by atoms with Crippen LogP contribution in [-0.4, -0.2) is 21.1 Å². The summed E-state index contributed by atoms with van der Waals surface area (Å²) in [7, 11) is 0. The van der Waals surface area contributed by atoms with E-state index in [0.29, 0.717) is 0 Å².